The lowest BCUT2D eigenvalue weighted by molar-refractivity contribution is 0.0850. The molecule has 0 radical (unpaired) electrons. The fourth-order valence-corrected chi connectivity index (χ4v) is 2.01. The zero-order chi connectivity index (χ0) is 15.2. The van der Waals surface area contributed by atoms with E-state index in [9.17, 15) is 9.50 Å². The molecule has 2 aromatic rings. The van der Waals surface area contributed by atoms with Gasteiger partial charge in [0.05, 0.1) is 5.02 Å². The highest BCUT2D eigenvalue weighted by molar-refractivity contribution is 6.30. The average molecular weight is 310 g/mol. The summed E-state index contributed by atoms with van der Waals surface area (Å²) < 4.78 is 18.6. The Morgan fingerprint density at radius 1 is 1.19 bits per heavy atom. The van der Waals surface area contributed by atoms with E-state index in [0.717, 1.165) is 5.56 Å². The monoisotopic (exact) mass is 309 g/mol. The normalized spacial score (nSPS) is 13.7. The molecule has 0 aliphatic rings. The van der Waals surface area contributed by atoms with Crippen LogP contribution >= 0.6 is 11.6 Å². The van der Waals surface area contributed by atoms with Crippen LogP contribution in [0.3, 0.4) is 0 Å². The maximum atomic E-state index is 13.3. The maximum absolute atomic E-state index is 13.3. The molecule has 0 heterocycles. The minimum atomic E-state index is -0.844. The lowest BCUT2D eigenvalue weighted by Gasteiger charge is -2.19. The van der Waals surface area contributed by atoms with Crippen LogP contribution in [-0.4, -0.2) is 23.9 Å². The molecule has 0 fully saturated rings. The Morgan fingerprint density at radius 3 is 2.57 bits per heavy atom. The number of hydrogen-bond donors (Lipinski definition) is 2. The molecule has 0 aliphatic carbocycles. The predicted molar refractivity (Wildman–Crippen MR) is 81.0 cm³/mol. The molecule has 0 aromatic heterocycles. The van der Waals surface area contributed by atoms with Gasteiger partial charge in [0.2, 0.25) is 0 Å². The van der Waals surface area contributed by atoms with Crippen LogP contribution in [0.4, 0.5) is 4.39 Å². The van der Waals surface area contributed by atoms with Crippen molar-refractivity contribution in [2.24, 2.45) is 5.73 Å². The molecule has 0 aliphatic heterocycles. The van der Waals surface area contributed by atoms with Crippen molar-refractivity contribution in [3.05, 3.63) is 64.9 Å². The van der Waals surface area contributed by atoms with Gasteiger partial charge in [-0.1, -0.05) is 41.9 Å². The molecule has 2 unspecified atom stereocenters. The summed E-state index contributed by atoms with van der Waals surface area (Å²) in [6.07, 6.45) is -0.302. The topological polar surface area (TPSA) is 55.5 Å². The van der Waals surface area contributed by atoms with Crippen LogP contribution in [0.15, 0.2) is 48.5 Å². The molecule has 5 heteroatoms. The van der Waals surface area contributed by atoms with Gasteiger partial charge in [0.1, 0.15) is 24.3 Å². The smallest absolute Gasteiger partial charge is 0.145 e. The van der Waals surface area contributed by atoms with Crippen molar-refractivity contribution in [1.29, 1.82) is 0 Å². The van der Waals surface area contributed by atoms with Crippen LogP contribution in [0.5, 0.6) is 5.75 Å². The fourth-order valence-electron chi connectivity index (χ4n) is 1.89. The standard InChI is InChI=1S/C16H17ClFNO2/c17-13-7-6-12(9-14(13)18)21-10-16(20)15(19)8-11-4-2-1-3-5-11/h1-7,9,15-16,20H,8,10,19H2. The highest BCUT2D eigenvalue weighted by Gasteiger charge is 2.16. The van der Waals surface area contributed by atoms with Gasteiger partial charge in [0.15, 0.2) is 0 Å². The SMILES string of the molecule is NC(Cc1ccccc1)C(O)COc1ccc(Cl)c(F)c1. The van der Waals surface area contributed by atoms with Gasteiger partial charge in [-0.3, -0.25) is 0 Å². The van der Waals surface area contributed by atoms with Gasteiger partial charge in [0, 0.05) is 12.1 Å². The number of aliphatic hydroxyl groups excluding tert-OH is 1. The van der Waals surface area contributed by atoms with Gasteiger partial charge in [-0.2, -0.15) is 0 Å². The van der Waals surface area contributed by atoms with Crippen molar-refractivity contribution < 1.29 is 14.2 Å². The second-order valence-corrected chi connectivity index (χ2v) is 5.22. The lowest BCUT2D eigenvalue weighted by atomic mass is 10.0. The Kier molecular flexibility index (Phi) is 5.56. The van der Waals surface area contributed by atoms with Gasteiger partial charge in [0.25, 0.3) is 0 Å². The first kappa shape index (κ1) is 15.8. The first-order chi connectivity index (χ1) is 10.1. The third kappa shape index (κ3) is 4.70. The summed E-state index contributed by atoms with van der Waals surface area (Å²) in [6, 6.07) is 13.3. The summed E-state index contributed by atoms with van der Waals surface area (Å²) in [4.78, 5) is 0. The largest absolute Gasteiger partial charge is 0.491 e. The quantitative estimate of drug-likeness (QED) is 0.862. The van der Waals surface area contributed by atoms with E-state index in [1.54, 1.807) is 6.07 Å². The van der Waals surface area contributed by atoms with E-state index in [1.807, 2.05) is 30.3 Å². The van der Waals surface area contributed by atoms with Crippen molar-refractivity contribution in [3.63, 3.8) is 0 Å². The molecule has 2 atom stereocenters. The zero-order valence-corrected chi connectivity index (χ0v) is 12.1. The molecule has 3 nitrogen and oxygen atoms in total. The number of hydrogen-bond acceptors (Lipinski definition) is 3. The number of halogens is 2. The Hall–Kier alpha value is -1.62. The van der Waals surface area contributed by atoms with Gasteiger partial charge in [-0.25, -0.2) is 4.39 Å². The molecule has 0 amide bonds. The van der Waals surface area contributed by atoms with Gasteiger partial charge >= 0.3 is 0 Å². The van der Waals surface area contributed by atoms with Crippen molar-refractivity contribution >= 4 is 11.6 Å². The number of benzene rings is 2. The number of ether oxygens (including phenoxy) is 1. The van der Waals surface area contributed by atoms with Crippen LogP contribution in [0.1, 0.15) is 5.56 Å². The second-order valence-electron chi connectivity index (χ2n) is 4.81. The van der Waals surface area contributed by atoms with Crippen LogP contribution in [-0.2, 0) is 6.42 Å². The Labute approximate surface area is 128 Å². The van der Waals surface area contributed by atoms with Crippen molar-refractivity contribution in [3.8, 4) is 5.75 Å². The molecule has 21 heavy (non-hydrogen) atoms. The third-order valence-electron chi connectivity index (χ3n) is 3.12. The molecule has 2 rings (SSSR count). The molecule has 0 spiro atoms. The van der Waals surface area contributed by atoms with Gasteiger partial charge in [-0.05, 0) is 24.1 Å². The van der Waals surface area contributed by atoms with Crippen LogP contribution in [0.25, 0.3) is 0 Å². The molecule has 2 aromatic carbocycles. The van der Waals surface area contributed by atoms with Crippen molar-refractivity contribution in [2.45, 2.75) is 18.6 Å². The van der Waals surface area contributed by atoms with E-state index in [4.69, 9.17) is 22.1 Å². The molecule has 0 saturated heterocycles. The van der Waals surface area contributed by atoms with Crippen LogP contribution in [0, 0.1) is 5.82 Å². The highest BCUT2D eigenvalue weighted by Crippen LogP contribution is 2.20. The van der Waals surface area contributed by atoms with Gasteiger partial charge < -0.3 is 15.6 Å². The lowest BCUT2D eigenvalue weighted by Crippen LogP contribution is -2.40. The van der Waals surface area contributed by atoms with Crippen LogP contribution in [0.2, 0.25) is 5.02 Å². The first-order valence-corrected chi connectivity index (χ1v) is 6.99. The van der Waals surface area contributed by atoms with E-state index in [1.165, 1.54) is 12.1 Å². The Morgan fingerprint density at radius 2 is 1.90 bits per heavy atom. The Balaban J connectivity index is 1.86. The summed E-state index contributed by atoms with van der Waals surface area (Å²) in [5.41, 5.74) is 6.99. The summed E-state index contributed by atoms with van der Waals surface area (Å²) in [5.74, 6) is -0.250. The van der Waals surface area contributed by atoms with Crippen molar-refractivity contribution in [2.75, 3.05) is 6.61 Å². The van der Waals surface area contributed by atoms with Crippen molar-refractivity contribution in [1.82, 2.24) is 0 Å². The fraction of sp³-hybridized carbons (Fsp3) is 0.250. The number of rotatable bonds is 6. The second kappa shape index (κ2) is 7.41. The molecular weight excluding hydrogens is 293 g/mol. The molecule has 3 N–H and O–H groups in total. The molecular formula is C16H17ClFNO2. The van der Waals surface area contributed by atoms with E-state index >= 15 is 0 Å². The van der Waals surface area contributed by atoms with Gasteiger partial charge in [-0.15, -0.1) is 0 Å². The van der Waals surface area contributed by atoms with E-state index in [0.29, 0.717) is 12.2 Å². The Bertz CT molecular complexity index is 580. The number of aliphatic hydroxyl groups is 1. The summed E-state index contributed by atoms with van der Waals surface area (Å²) in [6.45, 7) is -0.00489. The highest BCUT2D eigenvalue weighted by atomic mass is 35.5. The first-order valence-electron chi connectivity index (χ1n) is 6.61. The average Bonchev–Trinajstić information content (AvgIpc) is 2.49. The minimum absolute atomic E-state index is 0.00489. The third-order valence-corrected chi connectivity index (χ3v) is 3.43. The molecule has 0 saturated carbocycles. The maximum Gasteiger partial charge on any atom is 0.145 e. The summed E-state index contributed by atoms with van der Waals surface area (Å²) in [5, 5.41) is 10.0. The van der Waals surface area contributed by atoms with E-state index < -0.39 is 18.0 Å². The molecule has 0 bridgehead atoms. The van der Waals surface area contributed by atoms with Crippen LogP contribution < -0.4 is 10.5 Å². The number of nitrogens with two attached hydrogens (primary N) is 1. The predicted octanol–water partition coefficient (Wildman–Crippen LogP) is 2.79. The van der Waals surface area contributed by atoms with E-state index in [-0.39, 0.29) is 11.6 Å². The molecule has 112 valence electrons. The zero-order valence-electron chi connectivity index (χ0n) is 11.4. The minimum Gasteiger partial charge on any atom is -0.491 e. The summed E-state index contributed by atoms with van der Waals surface area (Å²) in [7, 11) is 0. The summed E-state index contributed by atoms with van der Waals surface area (Å²) >= 11 is 5.58. The van der Waals surface area contributed by atoms with E-state index in [2.05, 4.69) is 0 Å².